The van der Waals surface area contributed by atoms with Crippen LogP contribution >= 0.6 is 27.5 Å². The normalized spacial score (nSPS) is 18.4. The number of rotatable bonds is 4. The summed E-state index contributed by atoms with van der Waals surface area (Å²) in [5.74, 6) is 0.402. The first kappa shape index (κ1) is 21.0. The van der Waals surface area contributed by atoms with Gasteiger partial charge in [0, 0.05) is 17.6 Å². The lowest BCUT2D eigenvalue weighted by molar-refractivity contribution is -0.139. The molecule has 0 unspecified atom stereocenters. The van der Waals surface area contributed by atoms with Crippen LogP contribution in [0.3, 0.4) is 0 Å². The van der Waals surface area contributed by atoms with Gasteiger partial charge in [0.1, 0.15) is 5.75 Å². The molecular weight excluding hydrogens is 470 g/mol. The Kier molecular flexibility index (Phi) is 6.49. The van der Waals surface area contributed by atoms with Crippen molar-refractivity contribution in [1.29, 1.82) is 0 Å². The predicted molar refractivity (Wildman–Crippen MR) is 121 cm³/mol. The van der Waals surface area contributed by atoms with Crippen molar-refractivity contribution in [3.8, 4) is 5.75 Å². The van der Waals surface area contributed by atoms with E-state index in [2.05, 4.69) is 21.2 Å². The molecule has 2 aromatic rings. The Hall–Kier alpha value is -2.25. The fourth-order valence-electron chi connectivity index (χ4n) is 3.86. The highest BCUT2D eigenvalue weighted by atomic mass is 79.9. The van der Waals surface area contributed by atoms with Gasteiger partial charge in [-0.05, 0) is 49.6 Å². The predicted octanol–water partition coefficient (Wildman–Crippen LogP) is 4.32. The van der Waals surface area contributed by atoms with Gasteiger partial charge in [-0.3, -0.25) is 9.59 Å². The molecule has 0 saturated carbocycles. The highest BCUT2D eigenvalue weighted by Gasteiger charge is 2.34. The van der Waals surface area contributed by atoms with Gasteiger partial charge in [-0.25, -0.2) is 0 Å². The Morgan fingerprint density at radius 1 is 1.13 bits per heavy atom. The lowest BCUT2D eigenvalue weighted by Crippen LogP contribution is -2.52. The number of carbonyl (C=O) groups is 2. The number of likely N-dealkylation sites (tertiary alicyclic amines) is 1. The number of piperidine rings is 1. The van der Waals surface area contributed by atoms with E-state index >= 15 is 0 Å². The van der Waals surface area contributed by atoms with Crippen LogP contribution in [0.15, 0.2) is 46.9 Å². The summed E-state index contributed by atoms with van der Waals surface area (Å²) in [6.45, 7) is 1.95. The van der Waals surface area contributed by atoms with Gasteiger partial charge >= 0.3 is 0 Å². The Balaban J connectivity index is 1.49. The van der Waals surface area contributed by atoms with Gasteiger partial charge in [0.2, 0.25) is 5.91 Å². The highest BCUT2D eigenvalue weighted by molar-refractivity contribution is 9.10. The van der Waals surface area contributed by atoms with Gasteiger partial charge in [-0.1, -0.05) is 39.7 Å². The maximum Gasteiger partial charge on any atom is 0.265 e. The van der Waals surface area contributed by atoms with Crippen LogP contribution in [0.5, 0.6) is 5.75 Å². The molecule has 1 atom stereocenters. The number of nitrogens with zero attached hydrogens (tertiary/aromatic N) is 2. The summed E-state index contributed by atoms with van der Waals surface area (Å²) >= 11 is 9.58. The quantitative estimate of drug-likeness (QED) is 0.690. The number of para-hydroxylation sites is 2. The van der Waals surface area contributed by atoms with E-state index in [1.54, 1.807) is 12.1 Å². The Morgan fingerprint density at radius 3 is 2.67 bits per heavy atom. The molecule has 2 heterocycles. The summed E-state index contributed by atoms with van der Waals surface area (Å²) in [6.07, 6.45) is 2.58. The first-order valence-corrected chi connectivity index (χ1v) is 11.2. The number of carbonyl (C=O) groups excluding carboxylic acids is 2. The third-order valence-corrected chi connectivity index (χ3v) is 6.15. The van der Waals surface area contributed by atoms with Crippen LogP contribution in [0, 0.1) is 0 Å². The molecule has 1 fully saturated rings. The van der Waals surface area contributed by atoms with E-state index < -0.39 is 6.10 Å². The van der Waals surface area contributed by atoms with E-state index in [1.165, 1.54) is 0 Å². The number of amides is 2. The Morgan fingerprint density at radius 2 is 1.90 bits per heavy atom. The number of fused-ring (bicyclic) bond motifs is 1. The summed E-state index contributed by atoms with van der Waals surface area (Å²) in [7, 11) is 0. The molecule has 0 aliphatic carbocycles. The maximum absolute atomic E-state index is 13.0. The molecule has 2 amide bonds. The van der Waals surface area contributed by atoms with Crippen LogP contribution in [0.25, 0.3) is 0 Å². The fourth-order valence-corrected chi connectivity index (χ4v) is 4.58. The minimum absolute atomic E-state index is 0.00874. The lowest BCUT2D eigenvalue weighted by Gasteiger charge is -2.38. The minimum Gasteiger partial charge on any atom is -0.477 e. The average Bonchev–Trinajstić information content (AvgIpc) is 2.75. The van der Waals surface area contributed by atoms with E-state index in [1.807, 2.05) is 40.1 Å². The van der Waals surface area contributed by atoms with E-state index in [-0.39, 0.29) is 18.4 Å². The second-order valence-electron chi connectivity index (χ2n) is 7.51. The van der Waals surface area contributed by atoms with Crippen molar-refractivity contribution in [3.05, 3.63) is 52.0 Å². The second kappa shape index (κ2) is 9.27. The number of anilines is 2. The van der Waals surface area contributed by atoms with E-state index in [9.17, 15) is 9.59 Å². The summed E-state index contributed by atoms with van der Waals surface area (Å²) in [5.41, 5.74) is 1.35. The third kappa shape index (κ3) is 4.73. The summed E-state index contributed by atoms with van der Waals surface area (Å²) in [6, 6.07) is 12.8. The molecule has 0 aromatic heterocycles. The number of benzene rings is 2. The van der Waals surface area contributed by atoms with Gasteiger partial charge in [0.05, 0.1) is 29.5 Å². The molecular formula is C22H23BrClN3O3. The van der Waals surface area contributed by atoms with Gasteiger partial charge < -0.3 is 19.9 Å². The molecule has 2 aromatic carbocycles. The molecule has 4 rings (SSSR count). The molecule has 0 spiro atoms. The summed E-state index contributed by atoms with van der Waals surface area (Å²) in [4.78, 5) is 29.5. The van der Waals surface area contributed by atoms with Crippen LogP contribution in [0.1, 0.15) is 19.3 Å². The van der Waals surface area contributed by atoms with E-state index in [0.717, 1.165) is 42.5 Å². The summed E-state index contributed by atoms with van der Waals surface area (Å²) < 4.78 is 6.86. The topological polar surface area (TPSA) is 61.9 Å². The number of nitrogens with one attached hydrogen (secondary N) is 1. The smallest absolute Gasteiger partial charge is 0.265 e. The first-order chi connectivity index (χ1) is 14.5. The Bertz CT molecular complexity index is 949. The standard InChI is InChI=1S/C22H23BrClN3O3/c23-15-8-9-17(16(24)12-15)25-21(28)14-27-13-20(22(29)26-10-4-1-5-11-26)30-19-7-3-2-6-18(19)27/h2-3,6-9,12,20H,1,4-5,10-11,13-14H2,(H,25,28)/t20-/m1/s1. The van der Waals surface area contributed by atoms with E-state index in [4.69, 9.17) is 16.3 Å². The van der Waals surface area contributed by atoms with Gasteiger partial charge in [-0.15, -0.1) is 0 Å². The first-order valence-electron chi connectivity index (χ1n) is 10.1. The fraction of sp³-hybridized carbons (Fsp3) is 0.364. The second-order valence-corrected chi connectivity index (χ2v) is 8.84. The van der Waals surface area contributed by atoms with Crippen LogP contribution in [0.2, 0.25) is 5.02 Å². The number of halogens is 2. The van der Waals surface area contributed by atoms with Crippen LogP contribution in [-0.4, -0.2) is 49.0 Å². The minimum atomic E-state index is -0.623. The molecule has 158 valence electrons. The van der Waals surface area contributed by atoms with Gasteiger partial charge in [0.25, 0.3) is 5.91 Å². The molecule has 0 radical (unpaired) electrons. The summed E-state index contributed by atoms with van der Waals surface area (Å²) in [5, 5.41) is 3.31. The van der Waals surface area contributed by atoms with Crippen LogP contribution < -0.4 is 15.0 Å². The van der Waals surface area contributed by atoms with Crippen molar-refractivity contribution in [2.24, 2.45) is 0 Å². The number of ether oxygens (including phenoxy) is 1. The zero-order chi connectivity index (χ0) is 21.1. The zero-order valence-electron chi connectivity index (χ0n) is 16.4. The molecule has 1 N–H and O–H groups in total. The molecule has 1 saturated heterocycles. The van der Waals surface area contributed by atoms with Crippen LogP contribution in [-0.2, 0) is 9.59 Å². The van der Waals surface area contributed by atoms with Gasteiger partial charge in [0.15, 0.2) is 6.10 Å². The van der Waals surface area contributed by atoms with Gasteiger partial charge in [-0.2, -0.15) is 0 Å². The average molecular weight is 493 g/mol. The molecule has 0 bridgehead atoms. The monoisotopic (exact) mass is 491 g/mol. The Labute approximate surface area is 189 Å². The lowest BCUT2D eigenvalue weighted by atomic mass is 10.1. The van der Waals surface area contributed by atoms with E-state index in [0.29, 0.717) is 23.0 Å². The molecule has 30 heavy (non-hydrogen) atoms. The molecule has 8 heteroatoms. The van der Waals surface area contributed by atoms with Crippen molar-refractivity contribution in [2.45, 2.75) is 25.4 Å². The number of hydrogen-bond donors (Lipinski definition) is 1. The molecule has 6 nitrogen and oxygen atoms in total. The van der Waals surface area contributed by atoms with Crippen molar-refractivity contribution in [1.82, 2.24) is 4.90 Å². The van der Waals surface area contributed by atoms with Crippen molar-refractivity contribution in [2.75, 3.05) is 36.4 Å². The van der Waals surface area contributed by atoms with Crippen molar-refractivity contribution >= 4 is 50.7 Å². The SMILES string of the molecule is O=C(CN1C[C@H](C(=O)N2CCCCC2)Oc2ccccc21)Nc1ccc(Br)cc1Cl. The highest BCUT2D eigenvalue weighted by Crippen LogP contribution is 2.34. The zero-order valence-corrected chi connectivity index (χ0v) is 18.8. The maximum atomic E-state index is 13.0. The third-order valence-electron chi connectivity index (χ3n) is 5.34. The molecule has 2 aliphatic heterocycles. The van der Waals surface area contributed by atoms with Crippen molar-refractivity contribution in [3.63, 3.8) is 0 Å². The van der Waals surface area contributed by atoms with Crippen molar-refractivity contribution < 1.29 is 14.3 Å². The molecule has 2 aliphatic rings. The largest absolute Gasteiger partial charge is 0.477 e. The van der Waals surface area contributed by atoms with Crippen LogP contribution in [0.4, 0.5) is 11.4 Å². The number of hydrogen-bond acceptors (Lipinski definition) is 4.